The van der Waals surface area contributed by atoms with E-state index in [4.69, 9.17) is 0 Å². The van der Waals surface area contributed by atoms with Crippen LogP contribution in [0.3, 0.4) is 0 Å². The van der Waals surface area contributed by atoms with Crippen LogP contribution in [0.5, 0.6) is 0 Å². The van der Waals surface area contributed by atoms with Gasteiger partial charge in [0.2, 0.25) is 0 Å². The first-order valence-corrected chi connectivity index (χ1v) is 7.29. The van der Waals surface area contributed by atoms with Gasteiger partial charge in [0, 0.05) is 12.6 Å². The van der Waals surface area contributed by atoms with Crippen molar-refractivity contribution < 1.29 is 5.11 Å². The highest BCUT2D eigenvalue weighted by atomic mass is 16.3. The van der Waals surface area contributed by atoms with Gasteiger partial charge in [0.25, 0.3) is 0 Å². The Balaban J connectivity index is 2.31. The van der Waals surface area contributed by atoms with Gasteiger partial charge >= 0.3 is 0 Å². The highest BCUT2D eigenvalue weighted by Crippen LogP contribution is 2.41. The summed E-state index contributed by atoms with van der Waals surface area (Å²) in [5.74, 6) is 1.26. The van der Waals surface area contributed by atoms with E-state index in [1.165, 1.54) is 25.7 Å². The molecule has 2 heteroatoms. The normalized spacial score (nSPS) is 22.9. The molecule has 0 aromatic rings. The first-order valence-electron chi connectivity index (χ1n) is 7.29. The van der Waals surface area contributed by atoms with E-state index in [-0.39, 0.29) is 0 Å². The lowest BCUT2D eigenvalue weighted by atomic mass is 9.69. The van der Waals surface area contributed by atoms with E-state index in [2.05, 4.69) is 33.0 Å². The first-order chi connectivity index (χ1) is 7.94. The predicted octanol–water partition coefficient (Wildman–Crippen LogP) is 3.20. The highest BCUT2D eigenvalue weighted by molar-refractivity contribution is 4.82. The summed E-state index contributed by atoms with van der Waals surface area (Å²) in [5.41, 5.74) is 0.534. The maximum absolute atomic E-state index is 9.55. The lowest BCUT2D eigenvalue weighted by Gasteiger charge is -2.37. The lowest BCUT2D eigenvalue weighted by Crippen LogP contribution is -2.31. The van der Waals surface area contributed by atoms with Gasteiger partial charge in [0.1, 0.15) is 0 Å². The molecule has 1 aliphatic carbocycles. The van der Waals surface area contributed by atoms with Crippen LogP contribution < -0.4 is 5.32 Å². The van der Waals surface area contributed by atoms with E-state index in [9.17, 15) is 5.11 Å². The minimum absolute atomic E-state index is 0.366. The molecule has 0 saturated heterocycles. The van der Waals surface area contributed by atoms with Crippen molar-refractivity contribution in [3.63, 3.8) is 0 Å². The quantitative estimate of drug-likeness (QED) is 0.748. The Hall–Kier alpha value is -0.0800. The zero-order chi connectivity index (χ0) is 12.9. The van der Waals surface area contributed by atoms with Gasteiger partial charge in [-0.15, -0.1) is 0 Å². The Kier molecular flexibility index (Phi) is 5.94. The minimum atomic E-state index is 0.366. The Morgan fingerprint density at radius 1 is 1.24 bits per heavy atom. The van der Waals surface area contributed by atoms with Gasteiger partial charge in [-0.25, -0.2) is 0 Å². The Morgan fingerprint density at radius 2 is 1.82 bits per heavy atom. The van der Waals surface area contributed by atoms with Crippen molar-refractivity contribution in [2.24, 2.45) is 17.3 Å². The summed E-state index contributed by atoms with van der Waals surface area (Å²) < 4.78 is 0. The van der Waals surface area contributed by atoms with Crippen LogP contribution in [0.1, 0.15) is 59.8 Å². The molecule has 17 heavy (non-hydrogen) atoms. The second kappa shape index (κ2) is 6.75. The standard InChI is InChI=1S/C15H31NO/c1-12(2)16-10-7-14(11-17)13-5-8-15(3,4)9-6-13/h12-14,16-17H,5-11H2,1-4H3. The third-order valence-corrected chi connectivity index (χ3v) is 4.35. The van der Waals surface area contributed by atoms with Crippen LogP contribution in [0.25, 0.3) is 0 Å². The van der Waals surface area contributed by atoms with Gasteiger partial charge < -0.3 is 10.4 Å². The monoisotopic (exact) mass is 241 g/mol. The zero-order valence-electron chi connectivity index (χ0n) is 12.1. The smallest absolute Gasteiger partial charge is 0.0462 e. The number of aliphatic hydroxyl groups is 1. The maximum Gasteiger partial charge on any atom is 0.0462 e. The zero-order valence-corrected chi connectivity index (χ0v) is 12.1. The van der Waals surface area contributed by atoms with Crippen molar-refractivity contribution in [3.8, 4) is 0 Å². The van der Waals surface area contributed by atoms with Crippen molar-refractivity contribution in [1.29, 1.82) is 0 Å². The third kappa shape index (κ3) is 5.39. The molecule has 0 spiro atoms. The van der Waals surface area contributed by atoms with Crippen molar-refractivity contribution in [3.05, 3.63) is 0 Å². The fraction of sp³-hybridized carbons (Fsp3) is 1.00. The van der Waals surface area contributed by atoms with Crippen LogP contribution >= 0.6 is 0 Å². The molecule has 2 nitrogen and oxygen atoms in total. The van der Waals surface area contributed by atoms with Crippen LogP contribution in [0.15, 0.2) is 0 Å². The van der Waals surface area contributed by atoms with Crippen molar-refractivity contribution in [2.75, 3.05) is 13.2 Å². The summed E-state index contributed by atoms with van der Waals surface area (Å²) in [5, 5.41) is 13.0. The first kappa shape index (κ1) is 15.0. The molecule has 0 heterocycles. The predicted molar refractivity (Wildman–Crippen MR) is 74.1 cm³/mol. The number of hydrogen-bond acceptors (Lipinski definition) is 2. The fourth-order valence-corrected chi connectivity index (χ4v) is 2.93. The van der Waals surface area contributed by atoms with E-state index in [0.717, 1.165) is 18.9 Å². The Labute approximate surface area is 107 Å². The molecule has 0 bridgehead atoms. The number of hydrogen-bond donors (Lipinski definition) is 2. The van der Waals surface area contributed by atoms with Crippen LogP contribution in [-0.2, 0) is 0 Å². The molecule has 1 fully saturated rings. The molecule has 0 radical (unpaired) electrons. The van der Waals surface area contributed by atoms with Gasteiger partial charge in [-0.1, -0.05) is 27.7 Å². The summed E-state index contributed by atoms with van der Waals surface area (Å²) >= 11 is 0. The molecule has 0 aliphatic heterocycles. The highest BCUT2D eigenvalue weighted by Gasteiger charge is 2.30. The summed E-state index contributed by atoms with van der Waals surface area (Å²) in [6.07, 6.45) is 6.39. The average molecular weight is 241 g/mol. The average Bonchev–Trinajstić information content (AvgIpc) is 2.25. The summed E-state index contributed by atoms with van der Waals surface area (Å²) in [4.78, 5) is 0. The van der Waals surface area contributed by atoms with Crippen molar-refractivity contribution >= 4 is 0 Å². The number of rotatable bonds is 6. The number of aliphatic hydroxyl groups excluding tert-OH is 1. The molecule has 0 amide bonds. The molecule has 0 aromatic carbocycles. The Morgan fingerprint density at radius 3 is 2.29 bits per heavy atom. The molecule has 1 saturated carbocycles. The maximum atomic E-state index is 9.55. The van der Waals surface area contributed by atoms with Gasteiger partial charge in [-0.05, 0) is 55.9 Å². The molecular weight excluding hydrogens is 210 g/mol. The topological polar surface area (TPSA) is 32.3 Å². The van der Waals surface area contributed by atoms with E-state index in [0.29, 0.717) is 24.0 Å². The van der Waals surface area contributed by atoms with Crippen LogP contribution in [0, 0.1) is 17.3 Å². The molecule has 2 N–H and O–H groups in total. The van der Waals surface area contributed by atoms with Crippen LogP contribution in [-0.4, -0.2) is 24.3 Å². The van der Waals surface area contributed by atoms with Gasteiger partial charge in [-0.2, -0.15) is 0 Å². The summed E-state index contributed by atoms with van der Waals surface area (Å²) in [6, 6.07) is 0.555. The number of nitrogens with one attached hydrogen (secondary N) is 1. The van der Waals surface area contributed by atoms with Crippen molar-refractivity contribution in [1.82, 2.24) is 5.32 Å². The largest absolute Gasteiger partial charge is 0.396 e. The molecular formula is C15H31NO. The molecule has 1 rings (SSSR count). The van der Waals surface area contributed by atoms with Crippen LogP contribution in [0.4, 0.5) is 0 Å². The lowest BCUT2D eigenvalue weighted by molar-refractivity contribution is 0.0998. The van der Waals surface area contributed by atoms with Gasteiger partial charge in [0.05, 0.1) is 0 Å². The third-order valence-electron chi connectivity index (χ3n) is 4.35. The molecule has 0 aromatic heterocycles. The SMILES string of the molecule is CC(C)NCCC(CO)C1CCC(C)(C)CC1. The fourth-order valence-electron chi connectivity index (χ4n) is 2.93. The van der Waals surface area contributed by atoms with E-state index in [1.54, 1.807) is 0 Å². The van der Waals surface area contributed by atoms with Crippen molar-refractivity contribution in [2.45, 2.75) is 65.8 Å². The van der Waals surface area contributed by atoms with E-state index < -0.39 is 0 Å². The minimum Gasteiger partial charge on any atom is -0.396 e. The molecule has 1 unspecified atom stereocenters. The molecule has 1 aliphatic rings. The van der Waals surface area contributed by atoms with Crippen LogP contribution in [0.2, 0.25) is 0 Å². The van der Waals surface area contributed by atoms with E-state index in [1.807, 2.05) is 0 Å². The summed E-state index contributed by atoms with van der Waals surface area (Å²) in [6.45, 7) is 10.5. The van der Waals surface area contributed by atoms with Gasteiger partial charge in [0.15, 0.2) is 0 Å². The second-order valence-corrected chi connectivity index (χ2v) is 6.84. The molecule has 1 atom stereocenters. The molecule has 102 valence electrons. The van der Waals surface area contributed by atoms with Gasteiger partial charge in [-0.3, -0.25) is 0 Å². The summed E-state index contributed by atoms with van der Waals surface area (Å²) in [7, 11) is 0. The Bertz CT molecular complexity index is 203. The van der Waals surface area contributed by atoms with E-state index >= 15 is 0 Å². The second-order valence-electron chi connectivity index (χ2n) is 6.84.